The summed E-state index contributed by atoms with van der Waals surface area (Å²) in [5.74, 6) is -0.329. The molecule has 4 nitrogen and oxygen atoms in total. The fraction of sp³-hybridized carbons (Fsp3) is 0.182. The van der Waals surface area contributed by atoms with Crippen LogP contribution in [0.5, 0.6) is 0 Å². The average Bonchev–Trinajstić information content (AvgIpc) is 3.28. The fourth-order valence-corrected chi connectivity index (χ4v) is 6.00. The summed E-state index contributed by atoms with van der Waals surface area (Å²) in [6.45, 7) is 1.03. The maximum atomic E-state index is 12.4. The summed E-state index contributed by atoms with van der Waals surface area (Å²) in [5, 5.41) is 8.61. The van der Waals surface area contributed by atoms with Crippen molar-refractivity contribution in [3.63, 3.8) is 0 Å². The van der Waals surface area contributed by atoms with E-state index in [1.807, 2.05) is 48.5 Å². The maximum absolute atomic E-state index is 12.4. The van der Waals surface area contributed by atoms with Gasteiger partial charge in [-0.1, -0.05) is 59.6 Å². The monoisotopic (exact) mass is 476 g/mol. The molecule has 2 N–H and O–H groups in total. The van der Waals surface area contributed by atoms with E-state index in [1.165, 1.54) is 22.7 Å². The van der Waals surface area contributed by atoms with Crippen molar-refractivity contribution in [3.05, 3.63) is 68.3 Å². The van der Waals surface area contributed by atoms with Crippen LogP contribution in [0.2, 0.25) is 10.0 Å². The number of unbranched alkanes of at least 4 members (excludes halogenated alkanes) is 1. The molecule has 0 aliphatic carbocycles. The number of carbonyl (C=O) groups is 2. The van der Waals surface area contributed by atoms with Crippen molar-refractivity contribution in [2.24, 2.45) is 0 Å². The molecule has 0 atom stereocenters. The number of halogens is 2. The molecule has 4 rings (SSSR count). The summed E-state index contributed by atoms with van der Waals surface area (Å²) in [6.07, 6.45) is 1.49. The van der Waals surface area contributed by atoms with E-state index >= 15 is 0 Å². The van der Waals surface area contributed by atoms with Gasteiger partial charge in [-0.2, -0.15) is 0 Å². The lowest BCUT2D eigenvalue weighted by Gasteiger charge is -2.06. The molecule has 30 heavy (non-hydrogen) atoms. The molecular formula is C22H18Cl2N2O2S2. The van der Waals surface area contributed by atoms with Crippen molar-refractivity contribution in [1.82, 2.24) is 10.6 Å². The highest BCUT2D eigenvalue weighted by molar-refractivity contribution is 7.22. The Morgan fingerprint density at radius 3 is 1.50 bits per heavy atom. The first kappa shape index (κ1) is 21.1. The average molecular weight is 477 g/mol. The largest absolute Gasteiger partial charge is 0.351 e. The van der Waals surface area contributed by atoms with Crippen molar-refractivity contribution in [1.29, 1.82) is 0 Å². The molecule has 0 aliphatic heterocycles. The third kappa shape index (κ3) is 4.32. The zero-order valence-electron chi connectivity index (χ0n) is 15.8. The van der Waals surface area contributed by atoms with Gasteiger partial charge in [-0.05, 0) is 25.0 Å². The van der Waals surface area contributed by atoms with Crippen LogP contribution in [0.3, 0.4) is 0 Å². The number of nitrogens with one attached hydrogen (secondary N) is 2. The first-order valence-electron chi connectivity index (χ1n) is 9.46. The van der Waals surface area contributed by atoms with E-state index in [9.17, 15) is 9.59 Å². The predicted molar refractivity (Wildman–Crippen MR) is 128 cm³/mol. The van der Waals surface area contributed by atoms with Gasteiger partial charge in [0.25, 0.3) is 11.8 Å². The Labute approximate surface area is 191 Å². The van der Waals surface area contributed by atoms with Crippen LogP contribution in [-0.2, 0) is 0 Å². The summed E-state index contributed by atoms with van der Waals surface area (Å²) in [4.78, 5) is 25.9. The number of thiophene rings is 2. The quantitative estimate of drug-likeness (QED) is 0.304. The number of amides is 2. The van der Waals surface area contributed by atoms with Crippen LogP contribution in [0, 0.1) is 0 Å². The number of hydrogen-bond donors (Lipinski definition) is 2. The molecule has 0 radical (unpaired) electrons. The smallest absolute Gasteiger partial charge is 0.262 e. The van der Waals surface area contributed by atoms with Crippen LogP contribution in [0.4, 0.5) is 0 Å². The highest BCUT2D eigenvalue weighted by Crippen LogP contribution is 2.35. The van der Waals surface area contributed by atoms with Gasteiger partial charge in [-0.3, -0.25) is 9.59 Å². The molecule has 0 aliphatic rings. The minimum absolute atomic E-state index is 0.165. The van der Waals surface area contributed by atoms with Crippen LogP contribution in [0.25, 0.3) is 20.2 Å². The van der Waals surface area contributed by atoms with Gasteiger partial charge < -0.3 is 10.6 Å². The van der Waals surface area contributed by atoms with E-state index < -0.39 is 0 Å². The topological polar surface area (TPSA) is 58.2 Å². The molecule has 0 fully saturated rings. The molecule has 2 aromatic heterocycles. The lowest BCUT2D eigenvalue weighted by atomic mass is 10.2. The molecule has 0 bridgehead atoms. The second-order valence-electron chi connectivity index (χ2n) is 6.70. The Morgan fingerprint density at radius 1 is 0.700 bits per heavy atom. The zero-order chi connectivity index (χ0) is 21.1. The molecule has 0 saturated heterocycles. The van der Waals surface area contributed by atoms with Gasteiger partial charge in [0.2, 0.25) is 0 Å². The van der Waals surface area contributed by atoms with Crippen molar-refractivity contribution >= 4 is 77.9 Å². The van der Waals surface area contributed by atoms with Gasteiger partial charge in [0.15, 0.2) is 0 Å². The van der Waals surface area contributed by atoms with Crippen molar-refractivity contribution in [2.75, 3.05) is 13.1 Å². The van der Waals surface area contributed by atoms with Gasteiger partial charge >= 0.3 is 0 Å². The van der Waals surface area contributed by atoms with E-state index in [1.54, 1.807) is 0 Å². The number of hydrogen-bond acceptors (Lipinski definition) is 4. The molecule has 0 unspecified atom stereocenters. The summed E-state index contributed by atoms with van der Waals surface area (Å²) < 4.78 is 1.99. The van der Waals surface area contributed by atoms with Crippen molar-refractivity contribution in [2.45, 2.75) is 12.8 Å². The molecule has 2 amide bonds. The van der Waals surface area contributed by atoms with Crippen molar-refractivity contribution < 1.29 is 9.59 Å². The van der Waals surface area contributed by atoms with Crippen LogP contribution < -0.4 is 10.6 Å². The first-order chi connectivity index (χ1) is 14.6. The molecule has 2 heterocycles. The standard InChI is InChI=1S/C22H18Cl2N2O2S2/c23-17-13-7-1-3-9-15(13)29-19(17)21(27)25-11-5-6-12-26-22(28)20-18(24)14-8-2-4-10-16(14)30-20/h1-4,7-10H,5-6,11-12H2,(H,25,27)(H,26,28). The van der Waals surface area contributed by atoms with Crippen LogP contribution in [0.15, 0.2) is 48.5 Å². The third-order valence-electron chi connectivity index (χ3n) is 4.66. The normalized spacial score (nSPS) is 11.1. The van der Waals surface area contributed by atoms with Crippen LogP contribution in [0.1, 0.15) is 32.2 Å². The Kier molecular flexibility index (Phi) is 6.58. The molecule has 0 spiro atoms. The number of carbonyl (C=O) groups excluding carboxylic acids is 2. The van der Waals surface area contributed by atoms with Gasteiger partial charge in [0.1, 0.15) is 9.75 Å². The van der Waals surface area contributed by atoms with Gasteiger partial charge in [-0.15, -0.1) is 22.7 Å². The summed E-state index contributed by atoms with van der Waals surface area (Å²) in [5.41, 5.74) is 0. The lowest BCUT2D eigenvalue weighted by Crippen LogP contribution is -2.26. The summed E-state index contributed by atoms with van der Waals surface area (Å²) >= 11 is 15.5. The molecule has 8 heteroatoms. The maximum Gasteiger partial charge on any atom is 0.262 e. The number of fused-ring (bicyclic) bond motifs is 2. The number of benzene rings is 2. The highest BCUT2D eigenvalue weighted by Gasteiger charge is 2.17. The van der Waals surface area contributed by atoms with Gasteiger partial charge in [0.05, 0.1) is 10.0 Å². The summed E-state index contributed by atoms with van der Waals surface area (Å²) in [6, 6.07) is 15.4. The molecular weight excluding hydrogens is 459 g/mol. The van der Waals surface area contributed by atoms with Crippen LogP contribution in [-0.4, -0.2) is 24.9 Å². The Bertz CT molecular complexity index is 1140. The first-order valence-corrected chi connectivity index (χ1v) is 11.9. The lowest BCUT2D eigenvalue weighted by molar-refractivity contribution is 0.0943. The van der Waals surface area contributed by atoms with E-state index in [2.05, 4.69) is 10.6 Å². The Balaban J connectivity index is 1.23. The minimum atomic E-state index is -0.165. The van der Waals surface area contributed by atoms with Gasteiger partial charge in [-0.25, -0.2) is 0 Å². The Hall–Kier alpha value is -2.12. The third-order valence-corrected chi connectivity index (χ3v) is 8.01. The van der Waals surface area contributed by atoms with E-state index in [0.29, 0.717) is 32.9 Å². The highest BCUT2D eigenvalue weighted by atomic mass is 35.5. The second kappa shape index (κ2) is 9.35. The fourth-order valence-electron chi connectivity index (χ4n) is 3.13. The minimum Gasteiger partial charge on any atom is -0.351 e. The summed E-state index contributed by atoms with van der Waals surface area (Å²) in [7, 11) is 0. The zero-order valence-corrected chi connectivity index (χ0v) is 19.0. The SMILES string of the molecule is O=C(NCCCCNC(=O)c1sc2ccccc2c1Cl)c1sc2ccccc2c1Cl. The van der Waals surface area contributed by atoms with E-state index in [4.69, 9.17) is 23.2 Å². The molecule has 154 valence electrons. The van der Waals surface area contributed by atoms with Gasteiger partial charge in [0, 0.05) is 33.3 Å². The molecule has 0 saturated carbocycles. The van der Waals surface area contributed by atoms with E-state index in [0.717, 1.165) is 33.0 Å². The molecule has 2 aromatic carbocycles. The number of rotatable bonds is 7. The second-order valence-corrected chi connectivity index (χ2v) is 9.56. The van der Waals surface area contributed by atoms with Crippen molar-refractivity contribution in [3.8, 4) is 0 Å². The molecule has 4 aromatic rings. The van der Waals surface area contributed by atoms with E-state index in [-0.39, 0.29) is 11.8 Å². The Morgan fingerprint density at radius 2 is 1.10 bits per heavy atom. The van der Waals surface area contributed by atoms with Crippen LogP contribution >= 0.6 is 45.9 Å². The predicted octanol–water partition coefficient (Wildman–Crippen LogP) is 6.36.